The Labute approximate surface area is 131 Å². The lowest BCUT2D eigenvalue weighted by atomic mass is 10.1. The number of halogens is 2. The summed E-state index contributed by atoms with van der Waals surface area (Å²) >= 11 is 5.73. The van der Waals surface area contributed by atoms with Crippen LogP contribution in [0.25, 0.3) is 11.8 Å². The smallest absolute Gasteiger partial charge is 0.259 e. The highest BCUT2D eigenvalue weighted by Gasteiger charge is 2.18. The molecule has 0 aliphatic carbocycles. The predicted octanol–water partition coefficient (Wildman–Crippen LogP) is 3.49. The number of hydrogen-bond acceptors (Lipinski definition) is 3. The van der Waals surface area contributed by atoms with Crippen LogP contribution in [0.2, 0.25) is 5.15 Å². The summed E-state index contributed by atoms with van der Waals surface area (Å²) in [6.07, 6.45) is 5.36. The normalized spacial score (nSPS) is 10.5. The summed E-state index contributed by atoms with van der Waals surface area (Å²) in [5, 5.41) is 9.29. The highest BCUT2D eigenvalue weighted by Crippen LogP contribution is 2.25. The van der Waals surface area contributed by atoms with Crippen molar-refractivity contribution in [3.8, 4) is 11.4 Å². The summed E-state index contributed by atoms with van der Waals surface area (Å²) < 4.78 is 15.6. The number of nitrogens with zero attached hydrogens (tertiary/aromatic N) is 2. The van der Waals surface area contributed by atoms with Gasteiger partial charge < -0.3 is 5.11 Å². The Balaban J connectivity index is 2.82. The average molecular weight is 321 g/mol. The second kappa shape index (κ2) is 6.58. The zero-order valence-corrected chi connectivity index (χ0v) is 12.5. The monoisotopic (exact) mass is 320 g/mol. The second-order valence-electron chi connectivity index (χ2n) is 4.58. The van der Waals surface area contributed by atoms with Crippen molar-refractivity contribution in [2.24, 2.45) is 0 Å². The molecule has 2 aromatic rings. The molecule has 2 aromatic heterocycles. The number of rotatable bonds is 5. The van der Waals surface area contributed by atoms with Gasteiger partial charge in [0.05, 0.1) is 5.69 Å². The predicted molar refractivity (Wildman–Crippen MR) is 85.1 cm³/mol. The van der Waals surface area contributed by atoms with Gasteiger partial charge in [0.15, 0.2) is 11.0 Å². The van der Waals surface area contributed by atoms with Gasteiger partial charge in [0.2, 0.25) is 0 Å². The highest BCUT2D eigenvalue weighted by atomic mass is 35.5. The fourth-order valence-corrected chi connectivity index (χ4v) is 2.28. The van der Waals surface area contributed by atoms with Crippen molar-refractivity contribution in [3.05, 3.63) is 70.1 Å². The first-order chi connectivity index (χ1) is 10.5. The second-order valence-corrected chi connectivity index (χ2v) is 4.93. The van der Waals surface area contributed by atoms with Crippen LogP contribution in [-0.2, 0) is 6.42 Å². The molecule has 4 nitrogen and oxygen atoms in total. The number of aryl methyl sites for hydroxylation is 1. The maximum Gasteiger partial charge on any atom is 0.259 e. The van der Waals surface area contributed by atoms with E-state index in [-0.39, 0.29) is 16.6 Å². The zero-order valence-electron chi connectivity index (χ0n) is 11.7. The Kier molecular flexibility index (Phi) is 4.78. The van der Waals surface area contributed by atoms with Crippen molar-refractivity contribution in [1.29, 1.82) is 0 Å². The third-order valence-electron chi connectivity index (χ3n) is 3.12. The number of aromatic hydroxyl groups is 1. The van der Waals surface area contributed by atoms with Crippen molar-refractivity contribution >= 4 is 17.7 Å². The maximum absolute atomic E-state index is 14.4. The summed E-state index contributed by atoms with van der Waals surface area (Å²) in [6, 6.07) is 2.42. The molecule has 0 fully saturated rings. The quantitative estimate of drug-likeness (QED) is 0.677. The lowest BCUT2D eigenvalue weighted by Crippen LogP contribution is -2.23. The topological polar surface area (TPSA) is 55.1 Å². The number of hydrogen-bond donors (Lipinski definition) is 1. The van der Waals surface area contributed by atoms with Crippen LogP contribution in [0.15, 0.2) is 42.4 Å². The Morgan fingerprint density at radius 1 is 1.41 bits per heavy atom. The molecule has 0 amide bonds. The molecule has 0 aromatic carbocycles. The van der Waals surface area contributed by atoms with E-state index in [9.17, 15) is 14.3 Å². The fraction of sp³-hybridized carbons (Fsp3) is 0.125. The fourth-order valence-electron chi connectivity index (χ4n) is 2.14. The lowest BCUT2D eigenvalue weighted by Gasteiger charge is -2.16. The third-order valence-corrected chi connectivity index (χ3v) is 3.38. The van der Waals surface area contributed by atoms with E-state index in [0.717, 1.165) is 6.07 Å². The van der Waals surface area contributed by atoms with Crippen molar-refractivity contribution in [2.45, 2.75) is 12.8 Å². The Morgan fingerprint density at radius 2 is 2.14 bits per heavy atom. The standard InChI is InChI=1S/C16H14ClFN2O2/c1-3-5-6-11-7-12(21)8-13(22)20(11)15-10(4-2)9-19-16(17)14(15)18/h3-4,7-9,21H,1-2,5-6H2. The highest BCUT2D eigenvalue weighted by molar-refractivity contribution is 6.29. The summed E-state index contributed by atoms with van der Waals surface area (Å²) in [5.74, 6) is -0.993. The lowest BCUT2D eigenvalue weighted by molar-refractivity contribution is 0.471. The molecule has 0 aliphatic rings. The summed E-state index contributed by atoms with van der Waals surface area (Å²) in [6.45, 7) is 7.21. The van der Waals surface area contributed by atoms with Crippen molar-refractivity contribution in [1.82, 2.24) is 9.55 Å². The van der Waals surface area contributed by atoms with E-state index in [1.54, 1.807) is 6.08 Å². The number of aromatic nitrogens is 2. The van der Waals surface area contributed by atoms with Crippen LogP contribution in [0.3, 0.4) is 0 Å². The average Bonchev–Trinajstić information content (AvgIpc) is 2.48. The van der Waals surface area contributed by atoms with Crippen LogP contribution in [0.5, 0.6) is 5.75 Å². The number of allylic oxidation sites excluding steroid dienone is 1. The molecule has 2 rings (SSSR count). The molecule has 6 heteroatoms. The minimum atomic E-state index is -0.813. The molecule has 0 bridgehead atoms. The Morgan fingerprint density at radius 3 is 2.77 bits per heavy atom. The van der Waals surface area contributed by atoms with E-state index >= 15 is 0 Å². The van der Waals surface area contributed by atoms with Crippen LogP contribution in [0, 0.1) is 5.82 Å². The molecular formula is C16H14ClFN2O2. The minimum Gasteiger partial charge on any atom is -0.508 e. The van der Waals surface area contributed by atoms with Gasteiger partial charge in [0.25, 0.3) is 5.56 Å². The van der Waals surface area contributed by atoms with Gasteiger partial charge in [-0.05, 0) is 12.8 Å². The van der Waals surface area contributed by atoms with Crippen molar-refractivity contribution in [3.63, 3.8) is 0 Å². The van der Waals surface area contributed by atoms with Crippen LogP contribution in [-0.4, -0.2) is 14.7 Å². The molecule has 0 aliphatic heterocycles. The molecule has 0 unspecified atom stereocenters. The van der Waals surface area contributed by atoms with Crippen LogP contribution in [0.1, 0.15) is 17.7 Å². The van der Waals surface area contributed by atoms with Crippen LogP contribution >= 0.6 is 11.6 Å². The van der Waals surface area contributed by atoms with Gasteiger partial charge in [-0.15, -0.1) is 6.58 Å². The molecule has 22 heavy (non-hydrogen) atoms. The SMILES string of the molecule is C=CCCc1cc(O)cc(=O)n1-c1c(C=C)cnc(Cl)c1F. The van der Waals surface area contributed by atoms with E-state index in [1.807, 2.05) is 0 Å². The molecule has 0 saturated carbocycles. The summed E-state index contributed by atoms with van der Waals surface area (Å²) in [5.41, 5.74) is 0.172. The molecule has 0 atom stereocenters. The molecule has 114 valence electrons. The third kappa shape index (κ3) is 2.94. The van der Waals surface area contributed by atoms with Gasteiger partial charge in [-0.2, -0.15) is 0 Å². The van der Waals surface area contributed by atoms with E-state index in [2.05, 4.69) is 18.1 Å². The van der Waals surface area contributed by atoms with Gasteiger partial charge in [-0.1, -0.05) is 30.3 Å². The molecule has 0 spiro atoms. The first kappa shape index (κ1) is 16.0. The first-order valence-electron chi connectivity index (χ1n) is 6.52. The van der Waals surface area contributed by atoms with Crippen molar-refractivity contribution < 1.29 is 9.50 Å². The zero-order chi connectivity index (χ0) is 16.3. The van der Waals surface area contributed by atoms with Gasteiger partial charge in [0.1, 0.15) is 5.75 Å². The van der Waals surface area contributed by atoms with Gasteiger partial charge in [-0.3, -0.25) is 9.36 Å². The van der Waals surface area contributed by atoms with Gasteiger partial charge in [0, 0.05) is 29.6 Å². The summed E-state index contributed by atoms with van der Waals surface area (Å²) in [7, 11) is 0. The molecule has 0 saturated heterocycles. The molecule has 1 N–H and O–H groups in total. The van der Waals surface area contributed by atoms with E-state index < -0.39 is 11.4 Å². The van der Waals surface area contributed by atoms with E-state index in [4.69, 9.17) is 11.6 Å². The summed E-state index contributed by atoms with van der Waals surface area (Å²) in [4.78, 5) is 16.0. The van der Waals surface area contributed by atoms with Gasteiger partial charge in [-0.25, -0.2) is 9.37 Å². The van der Waals surface area contributed by atoms with E-state index in [1.165, 1.54) is 22.9 Å². The maximum atomic E-state index is 14.4. The van der Waals surface area contributed by atoms with E-state index in [0.29, 0.717) is 24.1 Å². The molecular weight excluding hydrogens is 307 g/mol. The van der Waals surface area contributed by atoms with Crippen LogP contribution in [0.4, 0.5) is 4.39 Å². The van der Waals surface area contributed by atoms with Crippen LogP contribution < -0.4 is 5.56 Å². The van der Waals surface area contributed by atoms with Crippen molar-refractivity contribution in [2.75, 3.05) is 0 Å². The molecule has 0 radical (unpaired) electrons. The Hall–Kier alpha value is -2.40. The largest absolute Gasteiger partial charge is 0.508 e. The Bertz CT molecular complexity index is 799. The molecule has 2 heterocycles. The van der Waals surface area contributed by atoms with Gasteiger partial charge >= 0.3 is 0 Å². The first-order valence-corrected chi connectivity index (χ1v) is 6.90. The minimum absolute atomic E-state index is 0.0286. The number of pyridine rings is 2.